The molecule has 0 aliphatic heterocycles. The van der Waals surface area contributed by atoms with Gasteiger partial charge in [0.15, 0.2) is 0 Å². The first-order chi connectivity index (χ1) is 19.0. The highest BCUT2D eigenvalue weighted by molar-refractivity contribution is 5.93. The molecule has 4 nitrogen and oxygen atoms in total. The van der Waals surface area contributed by atoms with Crippen molar-refractivity contribution in [2.75, 3.05) is 4.90 Å². The average molecular weight is 524 g/mol. The summed E-state index contributed by atoms with van der Waals surface area (Å²) in [4.78, 5) is 26.1. The molecule has 0 heterocycles. The summed E-state index contributed by atoms with van der Waals surface area (Å²) in [7, 11) is 0. The minimum absolute atomic E-state index is 0.0616. The summed E-state index contributed by atoms with van der Waals surface area (Å²) in [6.07, 6.45) is 21.0. The number of rotatable bonds is 14. The molecule has 204 valence electrons. The first kappa shape index (κ1) is 29.7. The van der Waals surface area contributed by atoms with Gasteiger partial charge in [0.1, 0.15) is 0 Å². The lowest BCUT2D eigenvalue weighted by atomic mass is 10.0. The zero-order valence-electron chi connectivity index (χ0n) is 23.2. The van der Waals surface area contributed by atoms with Crippen molar-refractivity contribution < 1.29 is 14.7 Å². The molecular weight excluding hydrogens is 482 g/mol. The van der Waals surface area contributed by atoms with Crippen LogP contribution in [0.2, 0.25) is 0 Å². The Morgan fingerprint density at radius 2 is 1.69 bits per heavy atom. The maximum absolute atomic E-state index is 13.4. The highest BCUT2D eigenvalue weighted by Gasteiger charge is 2.17. The molecule has 2 aromatic carbocycles. The molecule has 1 amide bonds. The van der Waals surface area contributed by atoms with Gasteiger partial charge in [-0.05, 0) is 67.2 Å². The summed E-state index contributed by atoms with van der Waals surface area (Å²) in [5.41, 5.74) is 4.82. The molecule has 1 N–H and O–H groups in total. The van der Waals surface area contributed by atoms with E-state index in [1.807, 2.05) is 53.4 Å². The van der Waals surface area contributed by atoms with Crippen molar-refractivity contribution in [1.29, 1.82) is 0 Å². The number of allylic oxidation sites excluding steroid dienone is 4. The van der Waals surface area contributed by atoms with E-state index in [9.17, 15) is 9.59 Å². The van der Waals surface area contributed by atoms with E-state index in [0.29, 0.717) is 13.0 Å². The third kappa shape index (κ3) is 11.2. The normalized spacial score (nSPS) is 12.6. The molecule has 39 heavy (non-hydrogen) atoms. The van der Waals surface area contributed by atoms with Crippen LogP contribution in [0.5, 0.6) is 0 Å². The van der Waals surface area contributed by atoms with E-state index in [-0.39, 0.29) is 5.91 Å². The highest BCUT2D eigenvalue weighted by Crippen LogP contribution is 2.23. The van der Waals surface area contributed by atoms with Crippen LogP contribution in [-0.4, -0.2) is 17.0 Å². The van der Waals surface area contributed by atoms with Gasteiger partial charge in [0.05, 0.1) is 6.54 Å². The molecule has 2 aromatic rings. The first-order valence-corrected chi connectivity index (χ1v) is 14.3. The van der Waals surface area contributed by atoms with Gasteiger partial charge in [-0.25, -0.2) is 4.79 Å². The van der Waals surface area contributed by atoms with Crippen LogP contribution in [0, 0.1) is 11.8 Å². The van der Waals surface area contributed by atoms with Crippen molar-refractivity contribution in [3.8, 4) is 11.8 Å². The number of carboxylic acids is 1. The van der Waals surface area contributed by atoms with Crippen LogP contribution in [0.15, 0.2) is 78.4 Å². The van der Waals surface area contributed by atoms with Crippen LogP contribution >= 0.6 is 0 Å². The zero-order valence-corrected chi connectivity index (χ0v) is 23.2. The van der Waals surface area contributed by atoms with E-state index in [1.165, 1.54) is 37.7 Å². The molecule has 1 aliphatic rings. The summed E-state index contributed by atoms with van der Waals surface area (Å²) >= 11 is 0. The number of amides is 1. The Labute approximate surface area is 234 Å². The molecule has 0 spiro atoms. The second-order valence-electron chi connectivity index (χ2n) is 10.0. The Bertz CT molecular complexity index is 1210. The molecule has 0 fully saturated rings. The molecule has 0 bridgehead atoms. The van der Waals surface area contributed by atoms with Crippen molar-refractivity contribution in [1.82, 2.24) is 0 Å². The van der Waals surface area contributed by atoms with Gasteiger partial charge >= 0.3 is 5.97 Å². The Balaban J connectivity index is 1.65. The van der Waals surface area contributed by atoms with E-state index >= 15 is 0 Å². The van der Waals surface area contributed by atoms with E-state index < -0.39 is 5.97 Å². The lowest BCUT2D eigenvalue weighted by molar-refractivity contribution is -0.131. The first-order valence-electron chi connectivity index (χ1n) is 14.3. The average Bonchev–Trinajstić information content (AvgIpc) is 2.96. The predicted molar refractivity (Wildman–Crippen MR) is 161 cm³/mol. The molecule has 0 radical (unpaired) electrons. The number of hydrogen-bond donors (Lipinski definition) is 1. The molecule has 0 unspecified atom stereocenters. The van der Waals surface area contributed by atoms with E-state index in [4.69, 9.17) is 5.11 Å². The van der Waals surface area contributed by atoms with Crippen molar-refractivity contribution >= 4 is 23.6 Å². The monoisotopic (exact) mass is 523 g/mol. The molecule has 0 saturated heterocycles. The zero-order chi connectivity index (χ0) is 27.7. The molecule has 4 heteroatoms. The second kappa shape index (κ2) is 16.9. The van der Waals surface area contributed by atoms with Crippen molar-refractivity contribution in [2.45, 2.75) is 84.1 Å². The Morgan fingerprint density at radius 1 is 0.949 bits per heavy atom. The highest BCUT2D eigenvalue weighted by atomic mass is 16.4. The van der Waals surface area contributed by atoms with Gasteiger partial charge in [0.2, 0.25) is 5.91 Å². The molecule has 3 rings (SSSR count). The summed E-state index contributed by atoms with van der Waals surface area (Å²) in [5, 5.41) is 8.89. The summed E-state index contributed by atoms with van der Waals surface area (Å²) < 4.78 is 0. The summed E-state index contributed by atoms with van der Waals surface area (Å²) in [6, 6.07) is 15.6. The minimum atomic E-state index is -0.988. The molecular formula is C35H41NO3. The fourth-order valence-electron chi connectivity index (χ4n) is 4.53. The SMILES string of the molecule is CCCCCCCCC#Cc1ccc(CN(C(=O)CCC2=CCCC=C2)c2ccc(/C=C/C(=O)O)cc2)cc1. The van der Waals surface area contributed by atoms with Crippen molar-refractivity contribution in [2.24, 2.45) is 0 Å². The van der Waals surface area contributed by atoms with Crippen molar-refractivity contribution in [3.63, 3.8) is 0 Å². The molecule has 0 aromatic heterocycles. The Morgan fingerprint density at radius 3 is 2.38 bits per heavy atom. The molecule has 0 saturated carbocycles. The third-order valence-electron chi connectivity index (χ3n) is 6.81. The lowest BCUT2D eigenvalue weighted by Gasteiger charge is -2.24. The molecule has 0 atom stereocenters. The van der Waals surface area contributed by atoms with Crippen LogP contribution in [0.25, 0.3) is 6.08 Å². The van der Waals surface area contributed by atoms with Crippen LogP contribution in [0.3, 0.4) is 0 Å². The topological polar surface area (TPSA) is 57.6 Å². The van der Waals surface area contributed by atoms with E-state index in [0.717, 1.165) is 60.6 Å². The number of aliphatic carboxylic acids is 1. The van der Waals surface area contributed by atoms with E-state index in [2.05, 4.69) is 37.0 Å². The number of benzene rings is 2. The Hall–Kier alpha value is -3.84. The largest absolute Gasteiger partial charge is 0.478 e. The van der Waals surface area contributed by atoms with Gasteiger partial charge in [-0.3, -0.25) is 4.79 Å². The number of anilines is 1. The van der Waals surface area contributed by atoms with Crippen LogP contribution in [0.4, 0.5) is 5.69 Å². The quantitative estimate of drug-likeness (QED) is 0.153. The fraction of sp³-hybridized carbons (Fsp3) is 0.371. The lowest BCUT2D eigenvalue weighted by Crippen LogP contribution is -2.30. The Kier molecular flexibility index (Phi) is 12.9. The van der Waals surface area contributed by atoms with Gasteiger partial charge in [-0.2, -0.15) is 0 Å². The number of nitrogens with zero attached hydrogens (tertiary/aromatic N) is 1. The fourth-order valence-corrected chi connectivity index (χ4v) is 4.53. The smallest absolute Gasteiger partial charge is 0.328 e. The van der Waals surface area contributed by atoms with E-state index in [1.54, 1.807) is 6.08 Å². The van der Waals surface area contributed by atoms with Gasteiger partial charge in [0, 0.05) is 30.2 Å². The molecule has 1 aliphatic carbocycles. The number of unbranched alkanes of at least 4 members (excludes halogenated alkanes) is 6. The minimum Gasteiger partial charge on any atom is -0.478 e. The summed E-state index contributed by atoms with van der Waals surface area (Å²) in [5.74, 6) is 5.65. The number of carbonyl (C=O) groups excluding carboxylic acids is 1. The van der Waals surface area contributed by atoms with Gasteiger partial charge in [-0.1, -0.05) is 98.9 Å². The number of carbonyl (C=O) groups is 2. The predicted octanol–water partition coefficient (Wildman–Crippen LogP) is 8.48. The number of carboxylic acid groups (broad SMARTS) is 1. The van der Waals surface area contributed by atoms with Gasteiger partial charge in [0.25, 0.3) is 0 Å². The van der Waals surface area contributed by atoms with Gasteiger partial charge in [-0.15, -0.1) is 0 Å². The van der Waals surface area contributed by atoms with Gasteiger partial charge < -0.3 is 10.0 Å². The standard InChI is InChI=1S/C35H41NO3/c1-2-3-4-5-6-7-8-10-15-30-16-18-32(19-17-30)28-36(34(37)26-22-29-13-11-9-12-14-29)33-24-20-31(21-25-33)23-27-35(38)39/h11,13-14,16-21,23-25,27H,2-9,12,22,26,28H2,1H3,(H,38,39)/b27-23+. The summed E-state index contributed by atoms with van der Waals surface area (Å²) in [6.45, 7) is 2.70. The second-order valence-corrected chi connectivity index (χ2v) is 10.0. The van der Waals surface area contributed by atoms with Crippen LogP contribution in [0.1, 0.15) is 94.2 Å². The van der Waals surface area contributed by atoms with Crippen LogP contribution in [-0.2, 0) is 16.1 Å². The van der Waals surface area contributed by atoms with Crippen molar-refractivity contribution in [3.05, 3.63) is 95.1 Å². The van der Waals surface area contributed by atoms with Crippen LogP contribution < -0.4 is 4.90 Å². The maximum Gasteiger partial charge on any atom is 0.328 e. The third-order valence-corrected chi connectivity index (χ3v) is 6.81. The number of hydrogen-bond acceptors (Lipinski definition) is 2. The maximum atomic E-state index is 13.4.